The van der Waals surface area contributed by atoms with Gasteiger partial charge in [0.1, 0.15) is 5.25 Å². The molecule has 2 aromatic carbocycles. The smallest absolute Gasteiger partial charge is 0.241 e. The number of hydrogen-bond acceptors (Lipinski definition) is 3. The number of hydrogen-bond donors (Lipinski definition) is 2. The summed E-state index contributed by atoms with van der Waals surface area (Å²) in [6, 6.07) is 15.4. The first kappa shape index (κ1) is 16.6. The summed E-state index contributed by atoms with van der Waals surface area (Å²) in [4.78, 5) is 24.2. The normalized spacial score (nSPS) is 15.0. The quantitative estimate of drug-likeness (QED) is 0.884. The van der Waals surface area contributed by atoms with Gasteiger partial charge in [0.15, 0.2) is 0 Å². The molecule has 0 spiro atoms. The molecule has 1 aliphatic rings. The van der Waals surface area contributed by atoms with Gasteiger partial charge < -0.3 is 10.6 Å². The van der Waals surface area contributed by atoms with E-state index >= 15 is 0 Å². The summed E-state index contributed by atoms with van der Waals surface area (Å²) < 4.78 is 0. The molecule has 0 bridgehead atoms. The van der Waals surface area contributed by atoms with Gasteiger partial charge in [-0.15, -0.1) is 11.8 Å². The van der Waals surface area contributed by atoms with Crippen molar-refractivity contribution in [1.29, 1.82) is 0 Å². The Kier molecular flexibility index (Phi) is 5.20. The van der Waals surface area contributed by atoms with Crippen molar-refractivity contribution >= 4 is 35.0 Å². The van der Waals surface area contributed by atoms with Crippen LogP contribution in [0.4, 0.5) is 11.4 Å². The number of aryl methyl sites for hydroxylation is 1. The van der Waals surface area contributed by atoms with Crippen molar-refractivity contribution in [1.82, 2.24) is 0 Å². The van der Waals surface area contributed by atoms with Crippen LogP contribution in [-0.2, 0) is 16.0 Å². The molecule has 1 aliphatic heterocycles. The lowest BCUT2D eigenvalue weighted by molar-refractivity contribution is -0.116. The summed E-state index contributed by atoms with van der Waals surface area (Å²) in [5.74, 6) is 0.0170. The Morgan fingerprint density at radius 1 is 1.17 bits per heavy atom. The van der Waals surface area contributed by atoms with E-state index in [1.54, 1.807) is 0 Å². The number of carbonyl (C=O) groups excluding carboxylic acids is 2. The van der Waals surface area contributed by atoms with Crippen molar-refractivity contribution in [3.63, 3.8) is 0 Å². The molecule has 0 saturated heterocycles. The molecule has 0 saturated carbocycles. The average Bonchev–Trinajstić information content (AvgIpc) is 2.77. The van der Waals surface area contributed by atoms with Crippen molar-refractivity contribution in [2.75, 3.05) is 16.9 Å². The van der Waals surface area contributed by atoms with Crippen LogP contribution < -0.4 is 10.6 Å². The molecule has 3 rings (SSSR count). The van der Waals surface area contributed by atoms with Gasteiger partial charge in [0.05, 0.1) is 0 Å². The number of thioether (sulfide) groups is 1. The fraction of sp³-hybridized carbons (Fsp3) is 0.263. The van der Waals surface area contributed by atoms with Crippen LogP contribution in [0.25, 0.3) is 0 Å². The van der Waals surface area contributed by atoms with E-state index in [4.69, 9.17) is 0 Å². The molecule has 0 aromatic heterocycles. The van der Waals surface area contributed by atoms with Crippen LogP contribution in [0.1, 0.15) is 29.2 Å². The Bertz CT molecular complexity index is 746. The topological polar surface area (TPSA) is 58.2 Å². The summed E-state index contributed by atoms with van der Waals surface area (Å²) in [5.41, 5.74) is 3.67. The molecule has 5 heteroatoms. The van der Waals surface area contributed by atoms with E-state index in [-0.39, 0.29) is 17.1 Å². The minimum absolute atomic E-state index is 0.0358. The molecule has 1 atom stereocenters. The van der Waals surface area contributed by atoms with E-state index in [2.05, 4.69) is 10.6 Å². The minimum atomic E-state index is -0.246. The van der Waals surface area contributed by atoms with Gasteiger partial charge in [0.25, 0.3) is 0 Å². The van der Waals surface area contributed by atoms with Crippen LogP contribution in [0, 0.1) is 0 Å². The van der Waals surface area contributed by atoms with E-state index < -0.39 is 0 Å². The maximum absolute atomic E-state index is 12.6. The number of amides is 2. The standard InChI is InChI=1S/C19H20N2O2S/c1-24-18(13-6-3-2-4-7-13)19(23)20-15-10-11-16-14(12-15)8-5-9-17(22)21-16/h2-4,6-7,10-12,18H,5,8-9H2,1H3,(H,20,23)(H,21,22). The zero-order valence-corrected chi connectivity index (χ0v) is 14.4. The highest BCUT2D eigenvalue weighted by molar-refractivity contribution is 7.99. The molecule has 124 valence electrons. The van der Waals surface area contributed by atoms with E-state index in [1.807, 2.05) is 54.8 Å². The number of benzene rings is 2. The predicted molar refractivity (Wildman–Crippen MR) is 99.3 cm³/mol. The van der Waals surface area contributed by atoms with Crippen LogP contribution in [0.3, 0.4) is 0 Å². The molecule has 1 heterocycles. The molecule has 2 amide bonds. The van der Waals surface area contributed by atoms with Crippen molar-refractivity contribution in [2.45, 2.75) is 24.5 Å². The molecule has 24 heavy (non-hydrogen) atoms. The average molecular weight is 340 g/mol. The molecular formula is C19H20N2O2S. The Balaban J connectivity index is 1.77. The van der Waals surface area contributed by atoms with Gasteiger partial charge in [-0.3, -0.25) is 9.59 Å². The first-order valence-electron chi connectivity index (χ1n) is 7.99. The van der Waals surface area contributed by atoms with Crippen molar-refractivity contribution in [2.24, 2.45) is 0 Å². The largest absolute Gasteiger partial charge is 0.326 e. The zero-order valence-electron chi connectivity index (χ0n) is 13.5. The molecule has 1 unspecified atom stereocenters. The lowest BCUT2D eigenvalue weighted by Gasteiger charge is -2.16. The van der Waals surface area contributed by atoms with Gasteiger partial charge in [-0.25, -0.2) is 0 Å². The van der Waals surface area contributed by atoms with Crippen LogP contribution in [0.15, 0.2) is 48.5 Å². The molecule has 0 radical (unpaired) electrons. The molecule has 2 N–H and O–H groups in total. The van der Waals surface area contributed by atoms with Crippen molar-refractivity contribution in [3.05, 3.63) is 59.7 Å². The fourth-order valence-electron chi connectivity index (χ4n) is 2.88. The highest BCUT2D eigenvalue weighted by Gasteiger charge is 2.20. The van der Waals surface area contributed by atoms with Crippen molar-refractivity contribution in [3.8, 4) is 0 Å². The van der Waals surface area contributed by atoms with Gasteiger partial charge in [0.2, 0.25) is 11.8 Å². The molecular weight excluding hydrogens is 320 g/mol. The number of carbonyl (C=O) groups is 2. The maximum Gasteiger partial charge on any atom is 0.241 e. The van der Waals surface area contributed by atoms with Gasteiger partial charge >= 0.3 is 0 Å². The van der Waals surface area contributed by atoms with E-state index in [9.17, 15) is 9.59 Å². The second-order valence-electron chi connectivity index (χ2n) is 5.79. The summed E-state index contributed by atoms with van der Waals surface area (Å²) >= 11 is 1.51. The zero-order chi connectivity index (χ0) is 16.9. The highest BCUT2D eigenvalue weighted by Crippen LogP contribution is 2.30. The summed E-state index contributed by atoms with van der Waals surface area (Å²) in [7, 11) is 0. The van der Waals surface area contributed by atoms with E-state index in [0.29, 0.717) is 6.42 Å². The highest BCUT2D eigenvalue weighted by atomic mass is 32.2. The maximum atomic E-state index is 12.6. The third kappa shape index (κ3) is 3.79. The second-order valence-corrected chi connectivity index (χ2v) is 6.73. The molecule has 0 aliphatic carbocycles. The number of fused-ring (bicyclic) bond motifs is 1. The van der Waals surface area contributed by atoms with Gasteiger partial charge in [-0.2, -0.15) is 0 Å². The molecule has 2 aromatic rings. The lowest BCUT2D eigenvalue weighted by atomic mass is 10.1. The third-order valence-electron chi connectivity index (χ3n) is 4.07. The number of anilines is 2. The number of rotatable bonds is 4. The Morgan fingerprint density at radius 3 is 2.71 bits per heavy atom. The SMILES string of the molecule is CSC(C(=O)Nc1ccc2c(c1)CCCC(=O)N2)c1ccccc1. The summed E-state index contributed by atoms with van der Waals surface area (Å²) in [6.07, 6.45) is 4.14. The monoisotopic (exact) mass is 340 g/mol. The first-order chi connectivity index (χ1) is 11.7. The van der Waals surface area contributed by atoms with Crippen LogP contribution >= 0.6 is 11.8 Å². The predicted octanol–water partition coefficient (Wildman–Crippen LogP) is 4.00. The fourth-order valence-corrected chi connectivity index (χ4v) is 3.58. The lowest BCUT2D eigenvalue weighted by Crippen LogP contribution is -2.19. The summed E-state index contributed by atoms with van der Waals surface area (Å²) in [5, 5.41) is 5.66. The Labute approximate surface area is 146 Å². The van der Waals surface area contributed by atoms with Crippen LogP contribution in [0.2, 0.25) is 0 Å². The third-order valence-corrected chi connectivity index (χ3v) is 5.03. The Hall–Kier alpha value is -2.27. The van der Waals surface area contributed by atoms with Crippen LogP contribution in [-0.4, -0.2) is 18.1 Å². The van der Waals surface area contributed by atoms with E-state index in [0.717, 1.165) is 35.3 Å². The van der Waals surface area contributed by atoms with Crippen LogP contribution in [0.5, 0.6) is 0 Å². The molecule has 4 nitrogen and oxygen atoms in total. The summed E-state index contributed by atoms with van der Waals surface area (Å²) in [6.45, 7) is 0. The second kappa shape index (κ2) is 7.53. The molecule has 0 fully saturated rings. The Morgan fingerprint density at radius 2 is 1.96 bits per heavy atom. The van der Waals surface area contributed by atoms with Gasteiger partial charge in [-0.1, -0.05) is 30.3 Å². The number of nitrogens with one attached hydrogen (secondary N) is 2. The van der Waals surface area contributed by atoms with Crippen molar-refractivity contribution < 1.29 is 9.59 Å². The van der Waals surface area contributed by atoms with Gasteiger partial charge in [-0.05, 0) is 48.4 Å². The van der Waals surface area contributed by atoms with E-state index in [1.165, 1.54) is 11.8 Å². The first-order valence-corrected chi connectivity index (χ1v) is 9.27. The minimum Gasteiger partial charge on any atom is -0.326 e. The van der Waals surface area contributed by atoms with Gasteiger partial charge in [0, 0.05) is 17.8 Å².